The third kappa shape index (κ3) is 6.33. The molecule has 166 valence electrons. The quantitative estimate of drug-likeness (QED) is 0.268. The molecule has 0 bridgehead atoms. The maximum atomic E-state index is 12.8. The zero-order valence-electron chi connectivity index (χ0n) is 16.9. The largest absolute Gasteiger partial charge is 0.463 e. The highest BCUT2D eigenvalue weighted by molar-refractivity contribution is 8.01. The van der Waals surface area contributed by atoms with Crippen molar-refractivity contribution in [1.29, 1.82) is 0 Å². The van der Waals surface area contributed by atoms with Crippen molar-refractivity contribution in [3.8, 4) is 0 Å². The van der Waals surface area contributed by atoms with Gasteiger partial charge in [0.2, 0.25) is 5.13 Å². The maximum absolute atomic E-state index is 12.8. The lowest BCUT2D eigenvalue weighted by Crippen LogP contribution is -2.46. The summed E-state index contributed by atoms with van der Waals surface area (Å²) >= 11 is 8.74. The van der Waals surface area contributed by atoms with Gasteiger partial charge in [0.25, 0.3) is 0 Å². The average molecular weight is 484 g/mol. The van der Waals surface area contributed by atoms with Crippen LogP contribution in [0.3, 0.4) is 0 Å². The number of amides is 2. The van der Waals surface area contributed by atoms with Crippen molar-refractivity contribution >= 4 is 51.8 Å². The van der Waals surface area contributed by atoms with E-state index in [-0.39, 0.29) is 6.61 Å². The van der Waals surface area contributed by atoms with Gasteiger partial charge in [-0.3, -0.25) is 0 Å². The summed E-state index contributed by atoms with van der Waals surface area (Å²) in [5, 5.41) is 18.1. The molecule has 3 N–H and O–H groups in total. The van der Waals surface area contributed by atoms with Gasteiger partial charge in [-0.05, 0) is 24.6 Å². The first-order chi connectivity index (χ1) is 15.0. The van der Waals surface area contributed by atoms with Gasteiger partial charge in [0.15, 0.2) is 4.34 Å². The molecule has 1 unspecified atom stereocenters. The lowest BCUT2D eigenvalue weighted by Gasteiger charge is -2.29. The molecule has 0 saturated heterocycles. The van der Waals surface area contributed by atoms with E-state index in [0.717, 1.165) is 5.56 Å². The second kappa shape index (κ2) is 11.3. The summed E-state index contributed by atoms with van der Waals surface area (Å²) in [4.78, 5) is 25.1. The average Bonchev–Trinajstić information content (AvgIpc) is 3.20. The predicted molar refractivity (Wildman–Crippen MR) is 121 cm³/mol. The molecule has 2 aromatic rings. The maximum Gasteiger partial charge on any atom is 0.338 e. The van der Waals surface area contributed by atoms with E-state index in [4.69, 9.17) is 21.1 Å². The van der Waals surface area contributed by atoms with Crippen LogP contribution < -0.4 is 16.0 Å². The zero-order chi connectivity index (χ0) is 22.2. The van der Waals surface area contributed by atoms with Crippen molar-refractivity contribution in [3.05, 3.63) is 46.1 Å². The number of halogens is 1. The van der Waals surface area contributed by atoms with E-state index < -0.39 is 18.0 Å². The van der Waals surface area contributed by atoms with E-state index in [0.29, 0.717) is 44.7 Å². The Morgan fingerprint density at radius 2 is 2.10 bits per heavy atom. The number of ether oxygens (including phenoxy) is 2. The number of carbonyl (C=O) groups is 2. The molecule has 0 aliphatic carbocycles. The topological polar surface area (TPSA) is 114 Å². The van der Waals surface area contributed by atoms with E-state index in [1.54, 1.807) is 38.3 Å². The van der Waals surface area contributed by atoms with E-state index in [1.165, 1.54) is 23.1 Å². The number of benzene rings is 1. The standard InChI is InChI=1S/C19H22ClN5O4S2/c1-3-29-16(26)14-13(10-30-19-25-24-18(31-19)21-8-9-28-2)22-17(27)23-15(14)11-4-6-12(20)7-5-11/h4-7,15H,3,8-10H2,1-2H3,(H,21,24)(H2,22,23,27). The fourth-order valence-electron chi connectivity index (χ4n) is 2.82. The summed E-state index contributed by atoms with van der Waals surface area (Å²) in [5.74, 6) is -0.178. The lowest BCUT2D eigenvalue weighted by atomic mass is 9.95. The molecule has 1 aliphatic rings. The fourth-order valence-corrected chi connectivity index (χ4v) is 4.69. The zero-order valence-corrected chi connectivity index (χ0v) is 19.3. The molecule has 0 saturated carbocycles. The number of thioether (sulfide) groups is 1. The molecule has 1 aromatic heterocycles. The number of carbonyl (C=O) groups excluding carboxylic acids is 2. The number of rotatable bonds is 10. The Kier molecular flexibility index (Phi) is 8.52. The van der Waals surface area contributed by atoms with Crippen LogP contribution in [0, 0.1) is 0 Å². The number of urea groups is 1. The number of methoxy groups -OCH3 is 1. The summed E-state index contributed by atoms with van der Waals surface area (Å²) in [5.41, 5.74) is 1.54. The van der Waals surface area contributed by atoms with Crippen LogP contribution >= 0.6 is 34.7 Å². The molecule has 1 atom stereocenters. The molecule has 1 aliphatic heterocycles. The van der Waals surface area contributed by atoms with Crippen molar-refractivity contribution in [3.63, 3.8) is 0 Å². The van der Waals surface area contributed by atoms with Gasteiger partial charge in [-0.25, -0.2) is 9.59 Å². The van der Waals surface area contributed by atoms with Crippen molar-refractivity contribution in [2.24, 2.45) is 0 Å². The predicted octanol–water partition coefficient (Wildman–Crippen LogP) is 3.21. The van der Waals surface area contributed by atoms with E-state index in [9.17, 15) is 9.59 Å². The van der Waals surface area contributed by atoms with Gasteiger partial charge >= 0.3 is 12.0 Å². The first kappa shape index (κ1) is 23.3. The van der Waals surface area contributed by atoms with Gasteiger partial charge < -0.3 is 25.4 Å². The van der Waals surface area contributed by atoms with E-state index >= 15 is 0 Å². The first-order valence-corrected chi connectivity index (χ1v) is 11.6. The molecular formula is C19H22ClN5O4S2. The van der Waals surface area contributed by atoms with Gasteiger partial charge in [-0.15, -0.1) is 10.2 Å². The van der Waals surface area contributed by atoms with Crippen LogP contribution in [0.15, 0.2) is 39.9 Å². The third-order valence-corrected chi connectivity index (χ3v) is 6.47. The van der Waals surface area contributed by atoms with Crippen molar-refractivity contribution in [1.82, 2.24) is 20.8 Å². The van der Waals surface area contributed by atoms with Gasteiger partial charge in [0.1, 0.15) is 0 Å². The summed E-state index contributed by atoms with van der Waals surface area (Å²) in [6.45, 7) is 3.14. The molecular weight excluding hydrogens is 462 g/mol. The smallest absolute Gasteiger partial charge is 0.338 e. The Morgan fingerprint density at radius 3 is 2.81 bits per heavy atom. The summed E-state index contributed by atoms with van der Waals surface area (Å²) in [6.07, 6.45) is 0. The van der Waals surface area contributed by atoms with Crippen molar-refractivity contribution in [2.45, 2.75) is 17.3 Å². The monoisotopic (exact) mass is 483 g/mol. The number of anilines is 1. The molecule has 1 aromatic carbocycles. The molecule has 9 nitrogen and oxygen atoms in total. The molecule has 3 rings (SSSR count). The molecule has 0 spiro atoms. The van der Waals surface area contributed by atoms with E-state index in [1.807, 2.05) is 0 Å². The van der Waals surface area contributed by atoms with Crippen LogP contribution in [0.25, 0.3) is 0 Å². The van der Waals surface area contributed by atoms with Crippen LogP contribution in [0.4, 0.5) is 9.93 Å². The third-order valence-electron chi connectivity index (χ3n) is 4.18. The highest BCUT2D eigenvalue weighted by Crippen LogP contribution is 2.32. The number of nitrogens with one attached hydrogen (secondary N) is 3. The molecule has 12 heteroatoms. The summed E-state index contributed by atoms with van der Waals surface area (Å²) < 4.78 is 11.0. The Hall–Kier alpha value is -2.34. The van der Waals surface area contributed by atoms with Gasteiger partial charge in [-0.2, -0.15) is 0 Å². The molecule has 31 heavy (non-hydrogen) atoms. The van der Waals surface area contributed by atoms with Crippen LogP contribution in [0.5, 0.6) is 0 Å². The minimum atomic E-state index is -0.652. The minimum Gasteiger partial charge on any atom is -0.463 e. The van der Waals surface area contributed by atoms with Crippen LogP contribution in [0.2, 0.25) is 5.02 Å². The number of hydrogen-bond donors (Lipinski definition) is 3. The van der Waals surface area contributed by atoms with Crippen molar-refractivity contribution in [2.75, 3.05) is 37.9 Å². The molecule has 2 heterocycles. The Morgan fingerprint density at radius 1 is 1.32 bits per heavy atom. The Bertz CT molecular complexity index is 951. The summed E-state index contributed by atoms with van der Waals surface area (Å²) in [6, 6.07) is 5.91. The molecule has 2 amide bonds. The highest BCUT2D eigenvalue weighted by atomic mass is 35.5. The minimum absolute atomic E-state index is 0.219. The Balaban J connectivity index is 1.82. The second-order valence-electron chi connectivity index (χ2n) is 6.28. The van der Waals surface area contributed by atoms with Crippen LogP contribution in [0.1, 0.15) is 18.5 Å². The first-order valence-electron chi connectivity index (χ1n) is 9.44. The fraction of sp³-hybridized carbons (Fsp3) is 0.368. The van der Waals surface area contributed by atoms with Gasteiger partial charge in [0.05, 0.1) is 24.8 Å². The molecule has 0 fully saturated rings. The SMILES string of the molecule is CCOC(=O)C1=C(CSc2nnc(NCCOC)s2)NC(=O)NC1c1ccc(Cl)cc1. The second-order valence-corrected chi connectivity index (χ2v) is 8.91. The van der Waals surface area contributed by atoms with Crippen molar-refractivity contribution < 1.29 is 19.1 Å². The normalized spacial score (nSPS) is 16.0. The lowest BCUT2D eigenvalue weighted by molar-refractivity contribution is -0.139. The molecule has 0 radical (unpaired) electrons. The Labute approximate surface area is 192 Å². The summed E-state index contributed by atoms with van der Waals surface area (Å²) in [7, 11) is 1.63. The number of aromatic nitrogens is 2. The van der Waals surface area contributed by atoms with Crippen LogP contribution in [-0.4, -0.2) is 54.8 Å². The van der Waals surface area contributed by atoms with E-state index in [2.05, 4.69) is 26.1 Å². The number of esters is 1. The van der Waals surface area contributed by atoms with Crippen LogP contribution in [-0.2, 0) is 14.3 Å². The number of hydrogen-bond acceptors (Lipinski definition) is 9. The number of nitrogens with zero attached hydrogens (tertiary/aromatic N) is 2. The van der Waals surface area contributed by atoms with Gasteiger partial charge in [0, 0.05) is 30.1 Å². The van der Waals surface area contributed by atoms with Gasteiger partial charge in [-0.1, -0.05) is 46.8 Å². The highest BCUT2D eigenvalue weighted by Gasteiger charge is 2.33.